The second-order valence-corrected chi connectivity index (χ2v) is 8.26. The zero-order valence-corrected chi connectivity index (χ0v) is 18.7. The minimum Gasteiger partial charge on any atom is -0.475 e. The average Bonchev–Trinajstić information content (AvgIpc) is 3.25. The SMILES string of the molecule is COC[C@@H]1CN(C)C[C@@]12CCN(Cc1ccccc1)C2.O=C(O)C(F)(F)F.O=C(O)C(F)(F)F. The number of likely N-dealkylation sites (tertiary alicyclic amines) is 2. The molecule has 0 unspecified atom stereocenters. The van der Waals surface area contributed by atoms with Crippen LogP contribution in [0.25, 0.3) is 0 Å². The summed E-state index contributed by atoms with van der Waals surface area (Å²) in [6.07, 6.45) is -8.85. The summed E-state index contributed by atoms with van der Waals surface area (Å²) < 4.78 is 68.9. The second-order valence-electron chi connectivity index (χ2n) is 8.26. The molecule has 0 bridgehead atoms. The van der Waals surface area contributed by atoms with Crippen LogP contribution in [0.2, 0.25) is 0 Å². The molecule has 2 atom stereocenters. The maximum absolute atomic E-state index is 10.6. The number of aliphatic carboxylic acids is 2. The molecule has 1 aromatic rings. The third kappa shape index (κ3) is 9.47. The van der Waals surface area contributed by atoms with Crippen LogP contribution in [0.3, 0.4) is 0 Å². The minimum atomic E-state index is -5.08. The Labute approximate surface area is 192 Å². The normalized spacial score (nSPS) is 23.1. The first-order valence-corrected chi connectivity index (χ1v) is 10.1. The van der Waals surface area contributed by atoms with E-state index in [1.54, 1.807) is 0 Å². The van der Waals surface area contributed by atoms with E-state index in [-0.39, 0.29) is 0 Å². The van der Waals surface area contributed by atoms with Gasteiger partial charge in [-0.25, -0.2) is 9.59 Å². The molecule has 7 nitrogen and oxygen atoms in total. The Balaban J connectivity index is 0.000000343. The number of hydrogen-bond donors (Lipinski definition) is 2. The van der Waals surface area contributed by atoms with E-state index in [2.05, 4.69) is 47.2 Å². The summed E-state index contributed by atoms with van der Waals surface area (Å²) in [5, 5.41) is 14.2. The summed E-state index contributed by atoms with van der Waals surface area (Å²) in [7, 11) is 4.08. The molecule has 13 heteroatoms. The number of carboxylic acid groups (broad SMARTS) is 2. The van der Waals surface area contributed by atoms with E-state index in [0.29, 0.717) is 11.3 Å². The summed E-state index contributed by atoms with van der Waals surface area (Å²) in [6, 6.07) is 10.8. The Bertz CT molecular complexity index is 766. The second kappa shape index (κ2) is 12.4. The monoisotopic (exact) mass is 502 g/mol. The summed E-state index contributed by atoms with van der Waals surface area (Å²) in [6.45, 7) is 6.86. The largest absolute Gasteiger partial charge is 0.490 e. The number of carbonyl (C=O) groups is 2. The lowest BCUT2D eigenvalue weighted by Crippen LogP contribution is -2.35. The molecule has 1 spiro atoms. The third-order valence-electron chi connectivity index (χ3n) is 5.55. The van der Waals surface area contributed by atoms with E-state index in [1.807, 2.05) is 7.11 Å². The maximum Gasteiger partial charge on any atom is 0.490 e. The van der Waals surface area contributed by atoms with Gasteiger partial charge in [0, 0.05) is 44.6 Å². The molecule has 2 fully saturated rings. The molecular formula is C21H28F6N2O5. The van der Waals surface area contributed by atoms with Crippen LogP contribution in [-0.4, -0.2) is 91.2 Å². The Kier molecular flexibility index (Phi) is 10.8. The van der Waals surface area contributed by atoms with Crippen molar-refractivity contribution in [1.29, 1.82) is 0 Å². The Morgan fingerprint density at radius 2 is 1.53 bits per heavy atom. The van der Waals surface area contributed by atoms with Crippen LogP contribution in [0.15, 0.2) is 30.3 Å². The van der Waals surface area contributed by atoms with Crippen molar-refractivity contribution in [3.8, 4) is 0 Å². The average molecular weight is 502 g/mol. The summed E-state index contributed by atoms with van der Waals surface area (Å²) in [4.78, 5) is 22.9. The molecular weight excluding hydrogens is 474 g/mol. The van der Waals surface area contributed by atoms with Crippen LogP contribution in [-0.2, 0) is 20.9 Å². The van der Waals surface area contributed by atoms with Crippen molar-refractivity contribution in [2.45, 2.75) is 25.3 Å². The highest BCUT2D eigenvalue weighted by Crippen LogP contribution is 2.43. The van der Waals surface area contributed by atoms with Crippen LogP contribution in [0.5, 0.6) is 0 Å². The molecule has 0 amide bonds. The number of benzene rings is 1. The van der Waals surface area contributed by atoms with E-state index in [1.165, 1.54) is 38.2 Å². The Morgan fingerprint density at radius 1 is 1.03 bits per heavy atom. The first-order valence-electron chi connectivity index (χ1n) is 10.1. The quantitative estimate of drug-likeness (QED) is 0.611. The summed E-state index contributed by atoms with van der Waals surface area (Å²) in [5.41, 5.74) is 1.89. The van der Waals surface area contributed by atoms with Crippen LogP contribution in [0, 0.1) is 11.3 Å². The van der Waals surface area contributed by atoms with Crippen LogP contribution in [0.1, 0.15) is 12.0 Å². The highest BCUT2D eigenvalue weighted by molar-refractivity contribution is 5.73. The first kappa shape index (κ1) is 29.7. The highest BCUT2D eigenvalue weighted by atomic mass is 19.4. The van der Waals surface area contributed by atoms with Crippen molar-refractivity contribution in [2.24, 2.45) is 11.3 Å². The van der Waals surface area contributed by atoms with Crippen LogP contribution >= 0.6 is 0 Å². The molecule has 0 aromatic heterocycles. The number of methoxy groups -OCH3 is 1. The van der Waals surface area contributed by atoms with Crippen LogP contribution in [0.4, 0.5) is 26.3 Å². The molecule has 2 aliphatic heterocycles. The Hall–Kier alpha value is -2.38. The van der Waals surface area contributed by atoms with E-state index < -0.39 is 24.3 Å². The number of carboxylic acids is 2. The van der Waals surface area contributed by atoms with E-state index >= 15 is 0 Å². The molecule has 2 aliphatic rings. The molecule has 0 aliphatic carbocycles. The molecule has 3 rings (SSSR count). The van der Waals surface area contributed by atoms with Gasteiger partial charge < -0.3 is 19.8 Å². The Morgan fingerprint density at radius 3 is 1.97 bits per heavy atom. The van der Waals surface area contributed by atoms with Gasteiger partial charge >= 0.3 is 24.3 Å². The lowest BCUT2D eigenvalue weighted by atomic mass is 9.78. The molecule has 1 aromatic carbocycles. The first-order chi connectivity index (χ1) is 15.6. The van der Waals surface area contributed by atoms with Gasteiger partial charge in [0.1, 0.15) is 0 Å². The molecule has 0 saturated carbocycles. The maximum atomic E-state index is 10.6. The number of halogens is 6. The molecule has 2 N–H and O–H groups in total. The van der Waals surface area contributed by atoms with Crippen molar-refractivity contribution in [3.63, 3.8) is 0 Å². The lowest BCUT2D eigenvalue weighted by molar-refractivity contribution is -0.193. The van der Waals surface area contributed by atoms with Crippen molar-refractivity contribution < 1.29 is 50.9 Å². The molecule has 194 valence electrons. The number of nitrogens with zero attached hydrogens (tertiary/aromatic N) is 2. The lowest BCUT2D eigenvalue weighted by Gasteiger charge is -2.30. The fraction of sp³-hybridized carbons (Fsp3) is 0.619. The van der Waals surface area contributed by atoms with Crippen molar-refractivity contribution in [3.05, 3.63) is 35.9 Å². The highest BCUT2D eigenvalue weighted by Gasteiger charge is 2.49. The van der Waals surface area contributed by atoms with Gasteiger partial charge in [-0.1, -0.05) is 30.3 Å². The van der Waals surface area contributed by atoms with Crippen molar-refractivity contribution in [1.82, 2.24) is 9.80 Å². The number of alkyl halides is 6. The summed E-state index contributed by atoms with van der Waals surface area (Å²) >= 11 is 0. The van der Waals surface area contributed by atoms with E-state index in [0.717, 1.165) is 13.2 Å². The number of ether oxygens (including phenoxy) is 1. The third-order valence-corrected chi connectivity index (χ3v) is 5.55. The van der Waals surface area contributed by atoms with E-state index in [4.69, 9.17) is 24.5 Å². The van der Waals surface area contributed by atoms with E-state index in [9.17, 15) is 26.3 Å². The predicted molar refractivity (Wildman–Crippen MR) is 109 cm³/mol. The van der Waals surface area contributed by atoms with Crippen molar-refractivity contribution in [2.75, 3.05) is 46.9 Å². The van der Waals surface area contributed by atoms with Gasteiger partial charge in [0.15, 0.2) is 0 Å². The fourth-order valence-electron chi connectivity index (χ4n) is 4.15. The number of hydrogen-bond acceptors (Lipinski definition) is 5. The van der Waals surface area contributed by atoms with Gasteiger partial charge in [-0.05, 0) is 25.6 Å². The predicted octanol–water partition coefficient (Wildman–Crippen LogP) is 3.35. The van der Waals surface area contributed by atoms with Gasteiger partial charge in [-0.3, -0.25) is 4.90 Å². The smallest absolute Gasteiger partial charge is 0.475 e. The molecule has 34 heavy (non-hydrogen) atoms. The topological polar surface area (TPSA) is 90.3 Å². The zero-order valence-electron chi connectivity index (χ0n) is 18.7. The molecule has 2 heterocycles. The minimum absolute atomic E-state index is 0.458. The summed E-state index contributed by atoms with van der Waals surface area (Å²) in [5.74, 6) is -4.82. The number of rotatable bonds is 4. The van der Waals surface area contributed by atoms with Crippen molar-refractivity contribution >= 4 is 11.9 Å². The molecule has 0 radical (unpaired) electrons. The fourth-order valence-corrected chi connectivity index (χ4v) is 4.15. The van der Waals surface area contributed by atoms with Gasteiger partial charge in [0.2, 0.25) is 0 Å². The van der Waals surface area contributed by atoms with Gasteiger partial charge in [0.05, 0.1) is 6.61 Å². The standard InChI is InChI=1S/C17H26N2O.2C2HF3O2/c1-18-11-16(12-20-2)17(13-18)8-9-19(14-17)10-15-6-4-3-5-7-15;2*3-2(4,5)1(6)7/h3-7,16H,8-14H2,1-2H3;2*(H,6,7)/t16-,17+;;/m0../s1. The van der Waals surface area contributed by atoms with Gasteiger partial charge in [0.25, 0.3) is 0 Å². The molecule has 2 saturated heterocycles. The zero-order chi connectivity index (χ0) is 26.2. The van der Waals surface area contributed by atoms with Gasteiger partial charge in [-0.2, -0.15) is 26.3 Å². The van der Waals surface area contributed by atoms with Gasteiger partial charge in [-0.15, -0.1) is 0 Å². The van der Waals surface area contributed by atoms with Crippen LogP contribution < -0.4 is 0 Å².